The van der Waals surface area contributed by atoms with Crippen LogP contribution in [0, 0.1) is 0 Å². The molecule has 17 heavy (non-hydrogen) atoms. The van der Waals surface area contributed by atoms with Crippen LogP contribution in [0.5, 0.6) is 5.75 Å². The Labute approximate surface area is 112 Å². The van der Waals surface area contributed by atoms with Gasteiger partial charge in [-0.15, -0.1) is 0 Å². The van der Waals surface area contributed by atoms with Crippen LogP contribution in [0.3, 0.4) is 0 Å². The highest BCUT2D eigenvalue weighted by molar-refractivity contribution is 9.10. The molecule has 3 heteroatoms. The van der Waals surface area contributed by atoms with Gasteiger partial charge in [-0.25, -0.2) is 0 Å². The summed E-state index contributed by atoms with van der Waals surface area (Å²) in [6.45, 7) is 2.94. The molecule has 0 aromatic heterocycles. The van der Waals surface area contributed by atoms with Crippen molar-refractivity contribution in [3.63, 3.8) is 0 Å². The zero-order chi connectivity index (χ0) is 12.3. The molecule has 0 saturated heterocycles. The minimum absolute atomic E-state index is 0.429. The fourth-order valence-corrected chi connectivity index (χ4v) is 2.49. The van der Waals surface area contributed by atoms with Gasteiger partial charge in [0, 0.05) is 0 Å². The van der Waals surface area contributed by atoms with E-state index < -0.39 is 0 Å². The predicted octanol–water partition coefficient (Wildman–Crippen LogP) is 3.83. The Kier molecular flexibility index (Phi) is 4.46. The van der Waals surface area contributed by atoms with Gasteiger partial charge in [-0.05, 0) is 71.8 Å². The van der Waals surface area contributed by atoms with Crippen molar-refractivity contribution < 1.29 is 4.74 Å². The lowest BCUT2D eigenvalue weighted by Crippen LogP contribution is -2.24. The molecule has 1 aliphatic carbocycles. The average Bonchev–Trinajstić information content (AvgIpc) is 2.25. The molecule has 1 unspecified atom stereocenters. The number of halogens is 1. The molecule has 0 radical (unpaired) electrons. The van der Waals surface area contributed by atoms with Crippen molar-refractivity contribution >= 4 is 15.9 Å². The topological polar surface area (TPSA) is 35.2 Å². The monoisotopic (exact) mass is 297 g/mol. The van der Waals surface area contributed by atoms with Crippen LogP contribution in [-0.4, -0.2) is 12.6 Å². The Morgan fingerprint density at radius 1 is 1.47 bits per heavy atom. The Morgan fingerprint density at radius 2 is 2.24 bits per heavy atom. The van der Waals surface area contributed by atoms with Crippen molar-refractivity contribution in [1.82, 2.24) is 0 Å². The van der Waals surface area contributed by atoms with Crippen molar-refractivity contribution in [3.05, 3.63) is 28.2 Å². The summed E-state index contributed by atoms with van der Waals surface area (Å²) in [5.41, 5.74) is 6.91. The summed E-state index contributed by atoms with van der Waals surface area (Å²) in [5, 5.41) is 0. The maximum Gasteiger partial charge on any atom is 0.133 e. The van der Waals surface area contributed by atoms with Gasteiger partial charge in [0.05, 0.1) is 10.6 Å². The van der Waals surface area contributed by atoms with E-state index >= 15 is 0 Å². The molecule has 0 amide bonds. The zero-order valence-electron chi connectivity index (χ0n) is 10.3. The first-order valence-corrected chi connectivity index (χ1v) is 7.16. The molecule has 1 aliphatic rings. The molecule has 94 valence electrons. The number of nitrogens with two attached hydrogens (primary N) is 1. The maximum atomic E-state index is 5.90. The van der Waals surface area contributed by atoms with Crippen molar-refractivity contribution in [1.29, 1.82) is 0 Å². The Balaban J connectivity index is 2.04. The van der Waals surface area contributed by atoms with Crippen LogP contribution in [0.1, 0.15) is 44.1 Å². The second-order valence-corrected chi connectivity index (χ2v) is 5.69. The quantitative estimate of drug-likeness (QED) is 0.896. The Bertz CT molecular complexity index is 376. The van der Waals surface area contributed by atoms with Gasteiger partial charge >= 0.3 is 0 Å². The summed E-state index contributed by atoms with van der Waals surface area (Å²) in [5.74, 6) is 1.48. The van der Waals surface area contributed by atoms with E-state index in [4.69, 9.17) is 10.5 Å². The third-order valence-corrected chi connectivity index (χ3v) is 4.09. The van der Waals surface area contributed by atoms with Gasteiger partial charge < -0.3 is 10.5 Å². The second kappa shape index (κ2) is 5.87. The molecular formula is C14H20BrNO. The van der Waals surface area contributed by atoms with Crippen LogP contribution in [-0.2, 0) is 0 Å². The van der Waals surface area contributed by atoms with E-state index in [-0.39, 0.29) is 0 Å². The highest BCUT2D eigenvalue weighted by Crippen LogP contribution is 2.33. The summed E-state index contributed by atoms with van der Waals surface area (Å²) in [6.07, 6.45) is 5.14. The third-order valence-electron chi connectivity index (χ3n) is 3.47. The highest BCUT2D eigenvalue weighted by atomic mass is 79.9. The molecule has 1 atom stereocenters. The summed E-state index contributed by atoms with van der Waals surface area (Å²) >= 11 is 3.59. The molecule has 1 aromatic carbocycles. The van der Waals surface area contributed by atoms with Crippen molar-refractivity contribution in [3.8, 4) is 5.75 Å². The van der Waals surface area contributed by atoms with Gasteiger partial charge in [-0.1, -0.05) is 13.0 Å². The Morgan fingerprint density at radius 3 is 2.76 bits per heavy atom. The van der Waals surface area contributed by atoms with Gasteiger partial charge in [-0.2, -0.15) is 0 Å². The molecule has 0 aliphatic heterocycles. The zero-order valence-corrected chi connectivity index (χ0v) is 11.9. The fraction of sp³-hybridized carbons (Fsp3) is 0.571. The van der Waals surface area contributed by atoms with Gasteiger partial charge in [0.2, 0.25) is 0 Å². The van der Waals surface area contributed by atoms with Crippen LogP contribution < -0.4 is 10.5 Å². The van der Waals surface area contributed by atoms with Crippen LogP contribution in [0.25, 0.3) is 0 Å². The van der Waals surface area contributed by atoms with Crippen molar-refractivity contribution in [2.75, 3.05) is 6.54 Å². The first-order chi connectivity index (χ1) is 8.20. The van der Waals surface area contributed by atoms with Crippen molar-refractivity contribution in [2.45, 2.75) is 44.6 Å². The molecule has 0 spiro atoms. The molecule has 1 aromatic rings. The minimum Gasteiger partial charge on any atom is -0.489 e. The van der Waals surface area contributed by atoms with Gasteiger partial charge in [0.1, 0.15) is 5.75 Å². The first-order valence-electron chi connectivity index (χ1n) is 6.37. The normalized spacial score (nSPS) is 17.6. The van der Waals surface area contributed by atoms with Crippen LogP contribution in [0.2, 0.25) is 0 Å². The van der Waals surface area contributed by atoms with E-state index in [1.807, 2.05) is 0 Å². The summed E-state index contributed by atoms with van der Waals surface area (Å²) in [6, 6.07) is 6.39. The van der Waals surface area contributed by atoms with E-state index in [9.17, 15) is 0 Å². The summed E-state index contributed by atoms with van der Waals surface area (Å²) < 4.78 is 6.97. The standard InChI is InChI=1S/C14H20BrNO/c1-10(7-8-16)11-5-6-14(13(15)9-11)17-12-3-2-4-12/h5-6,9-10,12H,2-4,7-8,16H2,1H3. The van der Waals surface area contributed by atoms with Gasteiger partial charge in [0.25, 0.3) is 0 Å². The number of hydrogen-bond acceptors (Lipinski definition) is 2. The maximum absolute atomic E-state index is 5.90. The lowest BCUT2D eigenvalue weighted by Gasteiger charge is -2.27. The van der Waals surface area contributed by atoms with Crippen LogP contribution in [0.4, 0.5) is 0 Å². The second-order valence-electron chi connectivity index (χ2n) is 4.84. The summed E-state index contributed by atoms with van der Waals surface area (Å²) in [7, 11) is 0. The molecule has 1 saturated carbocycles. The Hall–Kier alpha value is -0.540. The molecule has 2 rings (SSSR count). The average molecular weight is 298 g/mol. The minimum atomic E-state index is 0.429. The molecule has 0 heterocycles. The SMILES string of the molecule is CC(CCN)c1ccc(OC2CCC2)c(Br)c1. The summed E-state index contributed by atoms with van der Waals surface area (Å²) in [4.78, 5) is 0. The van der Waals surface area contributed by atoms with Gasteiger partial charge in [0.15, 0.2) is 0 Å². The molecule has 2 nitrogen and oxygen atoms in total. The van der Waals surface area contributed by atoms with Gasteiger partial charge in [-0.3, -0.25) is 0 Å². The third kappa shape index (κ3) is 3.23. The number of ether oxygens (including phenoxy) is 1. The number of rotatable bonds is 5. The lowest BCUT2D eigenvalue weighted by molar-refractivity contribution is 0.119. The first kappa shape index (κ1) is 12.9. The smallest absolute Gasteiger partial charge is 0.133 e. The van der Waals surface area contributed by atoms with Crippen LogP contribution in [0.15, 0.2) is 22.7 Å². The van der Waals surface area contributed by atoms with E-state index in [2.05, 4.69) is 41.1 Å². The fourth-order valence-electron chi connectivity index (χ4n) is 2.00. The number of benzene rings is 1. The van der Waals surface area contributed by atoms with E-state index in [1.165, 1.54) is 24.8 Å². The van der Waals surface area contributed by atoms with E-state index in [0.29, 0.717) is 12.0 Å². The van der Waals surface area contributed by atoms with E-state index in [1.54, 1.807) is 0 Å². The molecular weight excluding hydrogens is 278 g/mol. The molecule has 2 N–H and O–H groups in total. The van der Waals surface area contributed by atoms with Crippen molar-refractivity contribution in [2.24, 2.45) is 5.73 Å². The lowest BCUT2D eigenvalue weighted by atomic mass is 9.96. The molecule has 0 bridgehead atoms. The van der Waals surface area contributed by atoms with E-state index in [0.717, 1.165) is 23.2 Å². The number of hydrogen-bond donors (Lipinski definition) is 1. The predicted molar refractivity (Wildman–Crippen MR) is 74.5 cm³/mol. The van der Waals surface area contributed by atoms with Crippen LogP contribution >= 0.6 is 15.9 Å². The molecule has 1 fully saturated rings. The highest BCUT2D eigenvalue weighted by Gasteiger charge is 2.20. The largest absolute Gasteiger partial charge is 0.489 e.